The van der Waals surface area contributed by atoms with E-state index >= 15 is 0 Å². The molecule has 0 radical (unpaired) electrons. The molecule has 1 aromatic carbocycles. The van der Waals surface area contributed by atoms with Crippen LogP contribution in [0.3, 0.4) is 0 Å². The van der Waals surface area contributed by atoms with Gasteiger partial charge in [0.2, 0.25) is 0 Å². The van der Waals surface area contributed by atoms with Gasteiger partial charge in [0.1, 0.15) is 0 Å². The van der Waals surface area contributed by atoms with Gasteiger partial charge in [-0.25, -0.2) is 0 Å². The lowest BCUT2D eigenvalue weighted by atomic mass is 9.84. The van der Waals surface area contributed by atoms with Crippen molar-refractivity contribution in [2.24, 2.45) is 11.8 Å². The Labute approximate surface area is 216 Å². The highest BCUT2D eigenvalue weighted by atomic mass is 16.7. The first-order chi connectivity index (χ1) is 17.6. The predicted molar refractivity (Wildman–Crippen MR) is 136 cm³/mol. The lowest BCUT2D eigenvalue weighted by Gasteiger charge is -2.32. The van der Waals surface area contributed by atoms with E-state index in [0.717, 1.165) is 58.0 Å². The Balaban J connectivity index is 1.41. The molecule has 2 aliphatic heterocycles. The summed E-state index contributed by atoms with van der Waals surface area (Å²) in [5.41, 5.74) is 1.23. The van der Waals surface area contributed by atoms with Gasteiger partial charge in [-0.2, -0.15) is 0 Å². The minimum absolute atomic E-state index is 0.0209. The van der Waals surface area contributed by atoms with Gasteiger partial charge in [-0.1, -0.05) is 30.3 Å². The minimum Gasteiger partial charge on any atom is -0.394 e. The van der Waals surface area contributed by atoms with Gasteiger partial charge in [-0.15, -0.1) is 0 Å². The quantitative estimate of drug-likeness (QED) is 0.373. The van der Waals surface area contributed by atoms with Crippen LogP contribution in [0.1, 0.15) is 76.2 Å². The summed E-state index contributed by atoms with van der Waals surface area (Å²) in [5, 5.41) is 30.8. The molecule has 7 heteroatoms. The second kappa shape index (κ2) is 14.8. The molecule has 4 rings (SSSR count). The van der Waals surface area contributed by atoms with Gasteiger partial charge < -0.3 is 34.3 Å². The molecule has 0 amide bonds. The van der Waals surface area contributed by atoms with Gasteiger partial charge in [-0.05, 0) is 88.0 Å². The number of ether oxygens (including phenoxy) is 4. The Morgan fingerprint density at radius 2 is 1.44 bits per heavy atom. The molecule has 0 bridgehead atoms. The largest absolute Gasteiger partial charge is 0.394 e. The standard InChI is InChI=1S/C29H46O7/c30-20-23(32)18-25-24(15-14-22(31)13-12-21-8-2-1-3-9-21)26(35-28-10-4-6-16-33-28)19-27(25)36-29-11-5-7-17-34-29/h1-3,8-9,22-32H,4-7,10-20H2/t22-,23?,24+,25+,26+,27-,28?,29?/m0/s1. The van der Waals surface area contributed by atoms with Crippen molar-refractivity contribution < 1.29 is 34.3 Å². The number of aliphatic hydroxyl groups excluding tert-OH is 3. The first-order valence-corrected chi connectivity index (χ1v) is 14.2. The zero-order valence-corrected chi connectivity index (χ0v) is 21.6. The normalized spacial score (nSPS) is 32.9. The number of aryl methyl sites for hydroxylation is 1. The topological polar surface area (TPSA) is 97.6 Å². The lowest BCUT2D eigenvalue weighted by Crippen LogP contribution is -2.34. The third kappa shape index (κ3) is 8.48. The van der Waals surface area contributed by atoms with Gasteiger partial charge in [0.05, 0.1) is 31.0 Å². The van der Waals surface area contributed by atoms with Gasteiger partial charge in [-0.3, -0.25) is 0 Å². The maximum atomic E-state index is 10.8. The molecule has 0 aromatic heterocycles. The van der Waals surface area contributed by atoms with Crippen molar-refractivity contribution in [3.8, 4) is 0 Å². The van der Waals surface area contributed by atoms with Gasteiger partial charge in [0.25, 0.3) is 0 Å². The second-order valence-corrected chi connectivity index (χ2v) is 10.8. The monoisotopic (exact) mass is 506 g/mol. The molecule has 0 spiro atoms. The van der Waals surface area contributed by atoms with Crippen molar-refractivity contribution in [1.82, 2.24) is 0 Å². The zero-order valence-electron chi connectivity index (χ0n) is 21.6. The fourth-order valence-corrected chi connectivity index (χ4v) is 6.09. The van der Waals surface area contributed by atoms with Gasteiger partial charge >= 0.3 is 0 Å². The molecular formula is C29H46O7. The highest BCUT2D eigenvalue weighted by molar-refractivity contribution is 5.14. The number of benzene rings is 1. The van der Waals surface area contributed by atoms with Crippen molar-refractivity contribution in [3.63, 3.8) is 0 Å². The Morgan fingerprint density at radius 1 is 0.806 bits per heavy atom. The van der Waals surface area contributed by atoms with Crippen molar-refractivity contribution in [2.45, 2.75) is 114 Å². The van der Waals surface area contributed by atoms with E-state index in [-0.39, 0.29) is 43.2 Å². The Bertz CT molecular complexity index is 720. The number of rotatable bonds is 13. The Hall–Kier alpha value is -1.06. The molecule has 3 fully saturated rings. The molecule has 1 aliphatic carbocycles. The highest BCUT2D eigenvalue weighted by Crippen LogP contribution is 2.44. The van der Waals surface area contributed by atoms with Crippen LogP contribution >= 0.6 is 0 Å². The average Bonchev–Trinajstić information content (AvgIpc) is 3.22. The third-order valence-electron chi connectivity index (χ3n) is 8.10. The maximum absolute atomic E-state index is 10.8. The van der Waals surface area contributed by atoms with E-state index in [1.54, 1.807) is 0 Å². The molecule has 3 unspecified atom stereocenters. The fraction of sp³-hybridized carbons (Fsp3) is 0.793. The summed E-state index contributed by atoms with van der Waals surface area (Å²) in [6.45, 7) is 1.17. The van der Waals surface area contributed by atoms with Crippen LogP contribution in [0, 0.1) is 11.8 Å². The van der Waals surface area contributed by atoms with Crippen molar-refractivity contribution in [2.75, 3.05) is 19.8 Å². The number of aliphatic hydroxyl groups is 3. The molecule has 1 saturated carbocycles. The van der Waals surface area contributed by atoms with Crippen molar-refractivity contribution in [3.05, 3.63) is 35.9 Å². The SMILES string of the molecule is OCC(O)C[C@@H]1[C@@H](CC[C@@H](O)CCc2ccccc2)[C@H](OC2CCCCO2)C[C@@H]1OC1CCCCO1. The molecule has 2 saturated heterocycles. The molecule has 3 aliphatic rings. The van der Waals surface area contributed by atoms with E-state index in [9.17, 15) is 15.3 Å². The molecule has 36 heavy (non-hydrogen) atoms. The summed E-state index contributed by atoms with van der Waals surface area (Å²) in [7, 11) is 0. The first-order valence-electron chi connectivity index (χ1n) is 14.2. The molecule has 204 valence electrons. The second-order valence-electron chi connectivity index (χ2n) is 10.8. The summed E-state index contributed by atoms with van der Waals surface area (Å²) in [6.07, 6.45) is 8.45. The molecule has 7 nitrogen and oxygen atoms in total. The number of hydrogen-bond donors (Lipinski definition) is 3. The lowest BCUT2D eigenvalue weighted by molar-refractivity contribution is -0.204. The molecular weight excluding hydrogens is 460 g/mol. The molecule has 1 aromatic rings. The van der Waals surface area contributed by atoms with Crippen LogP contribution < -0.4 is 0 Å². The molecule has 2 heterocycles. The zero-order chi connectivity index (χ0) is 25.2. The fourth-order valence-electron chi connectivity index (χ4n) is 6.09. The van der Waals surface area contributed by atoms with E-state index in [1.165, 1.54) is 5.56 Å². The van der Waals surface area contributed by atoms with E-state index in [4.69, 9.17) is 18.9 Å². The Morgan fingerprint density at radius 3 is 2.03 bits per heavy atom. The van der Waals surface area contributed by atoms with Crippen molar-refractivity contribution >= 4 is 0 Å². The van der Waals surface area contributed by atoms with Crippen LogP contribution in [-0.4, -0.2) is 72.1 Å². The maximum Gasteiger partial charge on any atom is 0.157 e. The smallest absolute Gasteiger partial charge is 0.157 e. The van der Waals surface area contributed by atoms with Crippen LogP contribution in [0.15, 0.2) is 30.3 Å². The van der Waals surface area contributed by atoms with Crippen LogP contribution in [0.5, 0.6) is 0 Å². The average molecular weight is 507 g/mol. The van der Waals surface area contributed by atoms with Crippen LogP contribution in [-0.2, 0) is 25.4 Å². The van der Waals surface area contributed by atoms with Crippen molar-refractivity contribution in [1.29, 1.82) is 0 Å². The summed E-state index contributed by atoms with van der Waals surface area (Å²) in [5.74, 6) is 0.129. The third-order valence-corrected chi connectivity index (χ3v) is 8.10. The minimum atomic E-state index is -0.802. The summed E-state index contributed by atoms with van der Waals surface area (Å²) >= 11 is 0. The summed E-state index contributed by atoms with van der Waals surface area (Å²) < 4.78 is 24.8. The highest BCUT2D eigenvalue weighted by Gasteiger charge is 2.47. The molecule has 8 atom stereocenters. The van der Waals surface area contributed by atoms with E-state index < -0.39 is 12.2 Å². The first kappa shape index (κ1) is 28.0. The van der Waals surface area contributed by atoms with E-state index in [1.807, 2.05) is 18.2 Å². The van der Waals surface area contributed by atoms with Crippen LogP contribution in [0.25, 0.3) is 0 Å². The predicted octanol–water partition coefficient (Wildman–Crippen LogP) is 3.96. The van der Waals surface area contributed by atoms with Crippen LogP contribution in [0.4, 0.5) is 0 Å². The number of hydrogen-bond acceptors (Lipinski definition) is 7. The van der Waals surface area contributed by atoms with Gasteiger partial charge in [0, 0.05) is 19.6 Å². The van der Waals surface area contributed by atoms with Gasteiger partial charge in [0.15, 0.2) is 12.6 Å². The summed E-state index contributed by atoms with van der Waals surface area (Å²) in [4.78, 5) is 0. The van der Waals surface area contributed by atoms with E-state index in [0.29, 0.717) is 32.3 Å². The summed E-state index contributed by atoms with van der Waals surface area (Å²) in [6, 6.07) is 10.3. The van der Waals surface area contributed by atoms with Crippen LogP contribution in [0.2, 0.25) is 0 Å². The van der Waals surface area contributed by atoms with E-state index in [2.05, 4.69) is 12.1 Å². The Kier molecular flexibility index (Phi) is 11.5. The molecule has 3 N–H and O–H groups in total.